The topological polar surface area (TPSA) is 42.0 Å². The van der Waals surface area contributed by atoms with E-state index >= 15 is 0 Å². The summed E-state index contributed by atoms with van der Waals surface area (Å²) in [5, 5.41) is 3.11. The fourth-order valence-corrected chi connectivity index (χ4v) is 2.55. The molecular weight excluding hydrogens is 284 g/mol. The summed E-state index contributed by atoms with van der Waals surface area (Å²) < 4.78 is 0. The van der Waals surface area contributed by atoms with Crippen molar-refractivity contribution in [1.29, 1.82) is 0 Å². The number of amides is 1. The van der Waals surface area contributed by atoms with Gasteiger partial charge in [0.2, 0.25) is 0 Å². The van der Waals surface area contributed by atoms with Crippen molar-refractivity contribution in [2.75, 3.05) is 0 Å². The highest BCUT2D eigenvalue weighted by atomic mass is 16.1. The highest BCUT2D eigenvalue weighted by Gasteiger charge is 2.17. The molecule has 0 spiro atoms. The molecule has 0 aliphatic heterocycles. The van der Waals surface area contributed by atoms with Crippen LogP contribution < -0.4 is 5.32 Å². The second-order valence-electron chi connectivity index (χ2n) is 5.47. The minimum atomic E-state index is -0.224. The maximum atomic E-state index is 12.6. The first-order chi connectivity index (χ1) is 11.2. The fourth-order valence-electron chi connectivity index (χ4n) is 2.55. The standard InChI is InChI=1S/C20H18N2O/c1-15-7-5-10-17(13-15)20(23)22-19(16-8-3-2-4-9-16)18-11-6-12-21-14-18/h2-14,19H,1H3,(H,22,23)/t19-/m1/s1. The van der Waals surface area contributed by atoms with E-state index in [0.29, 0.717) is 5.56 Å². The molecule has 0 saturated heterocycles. The smallest absolute Gasteiger partial charge is 0.252 e. The van der Waals surface area contributed by atoms with Gasteiger partial charge in [-0.2, -0.15) is 0 Å². The third kappa shape index (κ3) is 3.64. The van der Waals surface area contributed by atoms with Crippen LogP contribution in [0, 0.1) is 6.92 Å². The zero-order valence-electron chi connectivity index (χ0n) is 12.9. The largest absolute Gasteiger partial charge is 0.341 e. The minimum Gasteiger partial charge on any atom is -0.341 e. The van der Waals surface area contributed by atoms with E-state index in [9.17, 15) is 4.79 Å². The molecule has 1 N–H and O–H groups in total. The van der Waals surface area contributed by atoms with E-state index in [4.69, 9.17) is 0 Å². The van der Waals surface area contributed by atoms with Crippen LogP contribution >= 0.6 is 0 Å². The van der Waals surface area contributed by atoms with Gasteiger partial charge in [-0.15, -0.1) is 0 Å². The van der Waals surface area contributed by atoms with Crippen molar-refractivity contribution in [3.8, 4) is 0 Å². The van der Waals surface area contributed by atoms with Crippen molar-refractivity contribution in [2.24, 2.45) is 0 Å². The van der Waals surface area contributed by atoms with Crippen LogP contribution in [0.4, 0.5) is 0 Å². The lowest BCUT2D eigenvalue weighted by atomic mass is 9.99. The number of carbonyl (C=O) groups is 1. The van der Waals surface area contributed by atoms with Gasteiger partial charge in [-0.1, -0.05) is 54.1 Å². The van der Waals surface area contributed by atoms with Gasteiger partial charge in [-0.25, -0.2) is 0 Å². The summed E-state index contributed by atoms with van der Waals surface area (Å²) in [6, 6.07) is 21.1. The summed E-state index contributed by atoms with van der Waals surface area (Å²) in [5.41, 5.74) is 3.71. The summed E-state index contributed by atoms with van der Waals surface area (Å²) >= 11 is 0. The molecule has 3 aromatic rings. The van der Waals surface area contributed by atoms with Gasteiger partial charge in [-0.3, -0.25) is 9.78 Å². The van der Waals surface area contributed by atoms with Gasteiger partial charge < -0.3 is 5.32 Å². The minimum absolute atomic E-state index is 0.0913. The summed E-state index contributed by atoms with van der Waals surface area (Å²) in [6.45, 7) is 1.98. The fraction of sp³-hybridized carbons (Fsp3) is 0.100. The summed E-state index contributed by atoms with van der Waals surface area (Å²) in [7, 11) is 0. The molecule has 23 heavy (non-hydrogen) atoms. The summed E-state index contributed by atoms with van der Waals surface area (Å²) in [5.74, 6) is -0.0913. The average molecular weight is 302 g/mol. The van der Waals surface area contributed by atoms with Gasteiger partial charge in [0.05, 0.1) is 6.04 Å². The summed E-state index contributed by atoms with van der Waals surface area (Å²) in [4.78, 5) is 16.8. The number of nitrogens with zero attached hydrogens (tertiary/aromatic N) is 1. The van der Waals surface area contributed by atoms with Crippen LogP contribution in [0.15, 0.2) is 79.1 Å². The van der Waals surface area contributed by atoms with Crippen LogP contribution in [0.25, 0.3) is 0 Å². The first-order valence-corrected chi connectivity index (χ1v) is 7.56. The first kappa shape index (κ1) is 15.0. The predicted molar refractivity (Wildman–Crippen MR) is 91.2 cm³/mol. The number of rotatable bonds is 4. The number of hydrogen-bond acceptors (Lipinski definition) is 2. The quantitative estimate of drug-likeness (QED) is 0.794. The summed E-state index contributed by atoms with van der Waals surface area (Å²) in [6.07, 6.45) is 3.52. The number of aryl methyl sites for hydroxylation is 1. The number of pyridine rings is 1. The molecule has 0 bridgehead atoms. The van der Waals surface area contributed by atoms with Gasteiger partial charge >= 0.3 is 0 Å². The third-order valence-electron chi connectivity index (χ3n) is 3.71. The van der Waals surface area contributed by atoms with Crippen molar-refractivity contribution in [2.45, 2.75) is 13.0 Å². The van der Waals surface area contributed by atoms with Crippen molar-refractivity contribution >= 4 is 5.91 Å². The van der Waals surface area contributed by atoms with Gasteiger partial charge in [0.25, 0.3) is 5.91 Å². The van der Waals surface area contributed by atoms with Gasteiger partial charge in [0, 0.05) is 18.0 Å². The lowest BCUT2D eigenvalue weighted by Crippen LogP contribution is -2.29. The zero-order chi connectivity index (χ0) is 16.1. The van der Waals surface area contributed by atoms with Crippen molar-refractivity contribution in [3.05, 3.63) is 101 Å². The number of carbonyl (C=O) groups excluding carboxylic acids is 1. The highest BCUT2D eigenvalue weighted by Crippen LogP contribution is 2.21. The van der Waals surface area contributed by atoms with Crippen LogP contribution in [0.5, 0.6) is 0 Å². The molecule has 1 atom stereocenters. The predicted octanol–water partition coefficient (Wildman–Crippen LogP) is 3.91. The van der Waals surface area contributed by atoms with E-state index in [0.717, 1.165) is 16.7 Å². The van der Waals surface area contributed by atoms with E-state index < -0.39 is 0 Å². The van der Waals surface area contributed by atoms with Crippen molar-refractivity contribution in [3.63, 3.8) is 0 Å². The van der Waals surface area contributed by atoms with Gasteiger partial charge in [-0.05, 0) is 36.2 Å². The molecule has 0 aliphatic rings. The Kier molecular flexibility index (Phi) is 4.48. The van der Waals surface area contributed by atoms with Crippen LogP contribution in [-0.2, 0) is 0 Å². The number of nitrogens with one attached hydrogen (secondary N) is 1. The Labute approximate surface area is 136 Å². The Morgan fingerprint density at radius 3 is 2.43 bits per heavy atom. The maximum absolute atomic E-state index is 12.6. The molecule has 0 aliphatic carbocycles. The molecule has 2 aromatic carbocycles. The molecule has 3 nitrogen and oxygen atoms in total. The van der Waals surface area contributed by atoms with E-state index in [1.807, 2.05) is 73.7 Å². The molecular formula is C20H18N2O. The van der Waals surface area contributed by atoms with Crippen molar-refractivity contribution in [1.82, 2.24) is 10.3 Å². The van der Waals surface area contributed by atoms with E-state index in [2.05, 4.69) is 10.3 Å². The molecule has 3 heteroatoms. The van der Waals surface area contributed by atoms with E-state index in [1.165, 1.54) is 0 Å². The van der Waals surface area contributed by atoms with Crippen LogP contribution in [0.3, 0.4) is 0 Å². The Hall–Kier alpha value is -2.94. The second kappa shape index (κ2) is 6.88. The SMILES string of the molecule is Cc1cccc(C(=O)N[C@H](c2ccccc2)c2cccnc2)c1. The number of hydrogen-bond donors (Lipinski definition) is 1. The highest BCUT2D eigenvalue weighted by molar-refractivity contribution is 5.94. The maximum Gasteiger partial charge on any atom is 0.252 e. The third-order valence-corrected chi connectivity index (χ3v) is 3.71. The lowest BCUT2D eigenvalue weighted by Gasteiger charge is -2.19. The zero-order valence-corrected chi connectivity index (χ0v) is 12.9. The normalized spacial score (nSPS) is 11.7. The molecule has 3 rings (SSSR count). The average Bonchev–Trinajstić information content (AvgIpc) is 2.61. The molecule has 1 heterocycles. The first-order valence-electron chi connectivity index (χ1n) is 7.56. The van der Waals surface area contributed by atoms with E-state index in [-0.39, 0.29) is 11.9 Å². The number of benzene rings is 2. The Balaban J connectivity index is 1.92. The molecule has 0 radical (unpaired) electrons. The van der Waals surface area contributed by atoms with E-state index in [1.54, 1.807) is 12.4 Å². The Morgan fingerprint density at radius 2 is 1.74 bits per heavy atom. The molecule has 0 fully saturated rings. The van der Waals surface area contributed by atoms with Crippen molar-refractivity contribution < 1.29 is 4.79 Å². The number of aromatic nitrogens is 1. The second-order valence-corrected chi connectivity index (χ2v) is 5.47. The van der Waals surface area contributed by atoms with Crippen LogP contribution in [0.1, 0.15) is 33.1 Å². The Morgan fingerprint density at radius 1 is 0.957 bits per heavy atom. The lowest BCUT2D eigenvalue weighted by molar-refractivity contribution is 0.0943. The Bertz CT molecular complexity index is 746. The van der Waals surface area contributed by atoms with Gasteiger partial charge in [0.15, 0.2) is 0 Å². The molecule has 0 unspecified atom stereocenters. The molecule has 1 amide bonds. The van der Waals surface area contributed by atoms with Crippen LogP contribution in [0.2, 0.25) is 0 Å². The molecule has 0 saturated carbocycles. The molecule has 114 valence electrons. The monoisotopic (exact) mass is 302 g/mol. The van der Waals surface area contributed by atoms with Crippen LogP contribution in [-0.4, -0.2) is 10.9 Å². The van der Waals surface area contributed by atoms with Gasteiger partial charge in [0.1, 0.15) is 0 Å². The molecule has 1 aromatic heterocycles.